The van der Waals surface area contributed by atoms with Crippen molar-refractivity contribution in [2.45, 2.75) is 32.6 Å². The van der Waals surface area contributed by atoms with Crippen LogP contribution in [0.3, 0.4) is 0 Å². The fraction of sp³-hybridized carbons (Fsp3) is 0.538. The van der Waals surface area contributed by atoms with Crippen molar-refractivity contribution in [3.8, 4) is 11.5 Å². The van der Waals surface area contributed by atoms with E-state index in [0.29, 0.717) is 17.4 Å². The van der Waals surface area contributed by atoms with Crippen molar-refractivity contribution in [2.24, 2.45) is 0 Å². The predicted molar refractivity (Wildman–Crippen MR) is 67.1 cm³/mol. The van der Waals surface area contributed by atoms with Gasteiger partial charge in [0.05, 0.1) is 0 Å². The van der Waals surface area contributed by atoms with Crippen LogP contribution in [0.4, 0.5) is 0 Å². The number of halogens is 1. The van der Waals surface area contributed by atoms with E-state index in [4.69, 9.17) is 26.2 Å². The molecule has 0 bridgehead atoms. The summed E-state index contributed by atoms with van der Waals surface area (Å²) in [4.78, 5) is 0. The summed E-state index contributed by atoms with van der Waals surface area (Å²) in [6.45, 7) is 4.64. The van der Waals surface area contributed by atoms with E-state index >= 15 is 0 Å². The molecule has 94 valence electrons. The van der Waals surface area contributed by atoms with Gasteiger partial charge in [-0.3, -0.25) is 0 Å². The molecule has 0 atom stereocenters. The Morgan fingerprint density at radius 1 is 1.41 bits per heavy atom. The van der Waals surface area contributed by atoms with Crippen molar-refractivity contribution in [2.75, 3.05) is 13.4 Å². The molecule has 1 aromatic rings. The van der Waals surface area contributed by atoms with Crippen LogP contribution in [0.2, 0.25) is 5.02 Å². The molecular weight excluding hydrogens is 240 g/mol. The zero-order valence-electron chi connectivity index (χ0n) is 10.1. The average Bonchev–Trinajstić information content (AvgIpc) is 2.72. The number of fused-ring (bicyclic) bond motifs is 1. The molecule has 0 amide bonds. The molecule has 1 aliphatic rings. The number of rotatable bonds is 4. The van der Waals surface area contributed by atoms with Crippen LogP contribution in [-0.4, -0.2) is 18.5 Å². The van der Waals surface area contributed by atoms with E-state index < -0.39 is 0 Å². The number of hydrogen-bond acceptors (Lipinski definition) is 3. The van der Waals surface area contributed by atoms with Gasteiger partial charge in [-0.25, -0.2) is 0 Å². The van der Waals surface area contributed by atoms with Gasteiger partial charge in [-0.1, -0.05) is 25.4 Å². The summed E-state index contributed by atoms with van der Waals surface area (Å²) in [5.41, 5.74) is 2.18. The van der Waals surface area contributed by atoms with E-state index in [-0.39, 0.29) is 13.4 Å². The lowest BCUT2D eigenvalue weighted by molar-refractivity contribution is 0.173. The Balaban J connectivity index is 2.48. The first kappa shape index (κ1) is 12.5. The predicted octanol–water partition coefficient (Wildman–Crippen LogP) is 3.12. The third-order valence-corrected chi connectivity index (χ3v) is 3.26. The van der Waals surface area contributed by atoms with Crippen molar-refractivity contribution in [1.29, 1.82) is 0 Å². The molecule has 1 aliphatic heterocycles. The van der Waals surface area contributed by atoms with Gasteiger partial charge in [-0.2, -0.15) is 0 Å². The maximum Gasteiger partial charge on any atom is 0.231 e. The van der Waals surface area contributed by atoms with Gasteiger partial charge in [0, 0.05) is 23.3 Å². The molecule has 0 aromatic heterocycles. The fourth-order valence-corrected chi connectivity index (χ4v) is 2.49. The highest BCUT2D eigenvalue weighted by Gasteiger charge is 2.24. The summed E-state index contributed by atoms with van der Waals surface area (Å²) in [5.74, 6) is 1.86. The van der Waals surface area contributed by atoms with Crippen molar-refractivity contribution >= 4 is 11.6 Å². The minimum Gasteiger partial charge on any atom is -0.454 e. The minimum absolute atomic E-state index is 0.169. The van der Waals surface area contributed by atoms with Gasteiger partial charge in [-0.05, 0) is 24.3 Å². The third kappa shape index (κ3) is 2.35. The van der Waals surface area contributed by atoms with Gasteiger partial charge < -0.3 is 14.6 Å². The Kier molecular flexibility index (Phi) is 3.79. The fourth-order valence-electron chi connectivity index (χ4n) is 2.19. The number of ether oxygens (including phenoxy) is 2. The van der Waals surface area contributed by atoms with Gasteiger partial charge in [0.2, 0.25) is 6.79 Å². The first-order valence-corrected chi connectivity index (χ1v) is 6.24. The van der Waals surface area contributed by atoms with Crippen LogP contribution in [0, 0.1) is 0 Å². The van der Waals surface area contributed by atoms with Gasteiger partial charge >= 0.3 is 0 Å². The lowest BCUT2D eigenvalue weighted by atomic mass is 9.93. The third-order valence-electron chi connectivity index (χ3n) is 2.92. The van der Waals surface area contributed by atoms with E-state index in [0.717, 1.165) is 29.0 Å². The molecule has 0 aliphatic carbocycles. The van der Waals surface area contributed by atoms with Crippen LogP contribution < -0.4 is 9.47 Å². The molecule has 0 saturated carbocycles. The zero-order chi connectivity index (χ0) is 12.4. The van der Waals surface area contributed by atoms with E-state index in [2.05, 4.69) is 13.8 Å². The largest absolute Gasteiger partial charge is 0.454 e. The van der Waals surface area contributed by atoms with Crippen LogP contribution in [0.1, 0.15) is 37.3 Å². The second kappa shape index (κ2) is 5.15. The van der Waals surface area contributed by atoms with Crippen LogP contribution >= 0.6 is 11.6 Å². The Bertz CT molecular complexity index is 416. The molecule has 1 aromatic carbocycles. The molecule has 1 heterocycles. The summed E-state index contributed by atoms with van der Waals surface area (Å²) >= 11 is 6.28. The second-order valence-corrected chi connectivity index (χ2v) is 4.87. The summed E-state index contributed by atoms with van der Waals surface area (Å²) < 4.78 is 10.9. The second-order valence-electron chi connectivity index (χ2n) is 4.47. The number of benzene rings is 1. The maximum atomic E-state index is 8.94. The van der Waals surface area contributed by atoms with Crippen LogP contribution in [0.15, 0.2) is 6.07 Å². The monoisotopic (exact) mass is 256 g/mol. The molecule has 0 spiro atoms. The van der Waals surface area contributed by atoms with E-state index in [1.807, 2.05) is 6.07 Å². The normalized spacial score (nSPS) is 13.5. The number of aliphatic hydroxyl groups excluding tert-OH is 1. The topological polar surface area (TPSA) is 38.7 Å². The first-order valence-electron chi connectivity index (χ1n) is 5.87. The summed E-state index contributed by atoms with van der Waals surface area (Å²) in [5, 5.41) is 9.64. The highest BCUT2D eigenvalue weighted by Crippen LogP contribution is 2.44. The molecule has 4 heteroatoms. The van der Waals surface area contributed by atoms with Crippen molar-refractivity contribution in [1.82, 2.24) is 0 Å². The van der Waals surface area contributed by atoms with Gasteiger partial charge in [0.25, 0.3) is 0 Å². The molecular formula is C13H17ClO3. The molecule has 0 saturated heterocycles. The van der Waals surface area contributed by atoms with Gasteiger partial charge in [-0.15, -0.1) is 0 Å². The highest BCUT2D eigenvalue weighted by atomic mass is 35.5. The lowest BCUT2D eigenvalue weighted by Gasteiger charge is -2.16. The smallest absolute Gasteiger partial charge is 0.231 e. The van der Waals surface area contributed by atoms with E-state index in [1.54, 1.807) is 0 Å². The van der Waals surface area contributed by atoms with Crippen molar-refractivity contribution in [3.05, 3.63) is 22.2 Å². The van der Waals surface area contributed by atoms with E-state index in [1.165, 1.54) is 0 Å². The molecule has 3 nitrogen and oxygen atoms in total. The maximum absolute atomic E-state index is 8.94. The molecule has 1 N–H and O–H groups in total. The number of aliphatic hydroxyl groups is 1. The SMILES string of the molecule is CC(C)c1c(CCCO)c(Cl)cc2c1OCO2. The van der Waals surface area contributed by atoms with Gasteiger partial charge in [0.15, 0.2) is 11.5 Å². The summed E-state index contributed by atoms with van der Waals surface area (Å²) in [7, 11) is 0. The lowest BCUT2D eigenvalue weighted by Crippen LogP contribution is -2.02. The molecule has 0 fully saturated rings. The first-order chi connectivity index (χ1) is 8.15. The Hall–Kier alpha value is -0.930. The standard InChI is InChI=1S/C13H17ClO3/c1-8(2)12-9(4-3-5-15)10(14)6-11-13(12)17-7-16-11/h6,8,15H,3-5,7H2,1-2H3. The minimum atomic E-state index is 0.169. The average molecular weight is 257 g/mol. The van der Waals surface area contributed by atoms with Crippen LogP contribution in [0.25, 0.3) is 0 Å². The molecule has 2 rings (SSSR count). The number of hydrogen-bond donors (Lipinski definition) is 1. The van der Waals surface area contributed by atoms with Crippen molar-refractivity contribution in [3.63, 3.8) is 0 Å². The van der Waals surface area contributed by atoms with Gasteiger partial charge in [0.1, 0.15) is 0 Å². The molecule has 0 unspecified atom stereocenters. The van der Waals surface area contributed by atoms with Crippen LogP contribution in [-0.2, 0) is 6.42 Å². The Morgan fingerprint density at radius 3 is 2.82 bits per heavy atom. The molecule has 17 heavy (non-hydrogen) atoms. The Labute approximate surface area is 106 Å². The molecule has 0 radical (unpaired) electrons. The van der Waals surface area contributed by atoms with E-state index in [9.17, 15) is 0 Å². The van der Waals surface area contributed by atoms with Crippen LogP contribution in [0.5, 0.6) is 11.5 Å². The summed E-state index contributed by atoms with van der Waals surface area (Å²) in [6, 6.07) is 1.81. The quantitative estimate of drug-likeness (QED) is 0.900. The van der Waals surface area contributed by atoms with Crippen molar-refractivity contribution < 1.29 is 14.6 Å². The zero-order valence-corrected chi connectivity index (χ0v) is 10.9. The Morgan fingerprint density at radius 2 is 2.18 bits per heavy atom. The highest BCUT2D eigenvalue weighted by molar-refractivity contribution is 6.31. The summed E-state index contributed by atoms with van der Waals surface area (Å²) in [6.07, 6.45) is 1.47.